The molecule has 0 saturated carbocycles. The van der Waals surface area contributed by atoms with Gasteiger partial charge in [0, 0.05) is 22.5 Å². The molecule has 8 heteroatoms. The average Bonchev–Trinajstić information content (AvgIpc) is 3.11. The van der Waals surface area contributed by atoms with Crippen molar-refractivity contribution >= 4 is 63.3 Å². The molecule has 3 rings (SSSR count). The van der Waals surface area contributed by atoms with Crippen molar-refractivity contribution in [2.45, 2.75) is 6.42 Å². The van der Waals surface area contributed by atoms with Gasteiger partial charge in [0.1, 0.15) is 11.6 Å². The van der Waals surface area contributed by atoms with Gasteiger partial charge < -0.3 is 0 Å². The van der Waals surface area contributed by atoms with Crippen LogP contribution in [-0.4, -0.2) is 10.9 Å². The standard InChI is InChI=1S/C20H12Cl3N3OS/c21-15-6-4-12(5-7-15)8-14(10-24)19(27)26-20-25-11-16(28-20)9-13-2-1-3-17(22)18(13)23/h1-8,11H,9H2,(H,25,26,27). The minimum atomic E-state index is -0.529. The van der Waals surface area contributed by atoms with Gasteiger partial charge in [-0.15, -0.1) is 11.3 Å². The van der Waals surface area contributed by atoms with Crippen LogP contribution in [0.25, 0.3) is 6.08 Å². The lowest BCUT2D eigenvalue weighted by molar-refractivity contribution is -0.112. The minimum absolute atomic E-state index is 0.0306. The van der Waals surface area contributed by atoms with Crippen LogP contribution in [0.2, 0.25) is 15.1 Å². The van der Waals surface area contributed by atoms with Crippen molar-refractivity contribution in [2.75, 3.05) is 5.32 Å². The number of hydrogen-bond acceptors (Lipinski definition) is 4. The zero-order chi connectivity index (χ0) is 20.1. The smallest absolute Gasteiger partial charge is 0.268 e. The minimum Gasteiger partial charge on any atom is -0.297 e. The van der Waals surface area contributed by atoms with Gasteiger partial charge >= 0.3 is 0 Å². The van der Waals surface area contributed by atoms with Crippen LogP contribution in [0.4, 0.5) is 5.13 Å². The summed E-state index contributed by atoms with van der Waals surface area (Å²) in [4.78, 5) is 17.5. The van der Waals surface area contributed by atoms with Crippen LogP contribution >= 0.6 is 46.1 Å². The van der Waals surface area contributed by atoms with Crippen molar-refractivity contribution in [3.05, 3.63) is 85.3 Å². The monoisotopic (exact) mass is 447 g/mol. The molecule has 1 amide bonds. The third-order valence-electron chi connectivity index (χ3n) is 3.72. The second kappa shape index (κ2) is 9.22. The van der Waals surface area contributed by atoms with Crippen molar-refractivity contribution < 1.29 is 4.79 Å². The number of thiazole rings is 1. The van der Waals surface area contributed by atoms with Gasteiger partial charge in [0.2, 0.25) is 0 Å². The summed E-state index contributed by atoms with van der Waals surface area (Å²) in [6, 6.07) is 14.2. The summed E-state index contributed by atoms with van der Waals surface area (Å²) in [6.45, 7) is 0. The maximum Gasteiger partial charge on any atom is 0.268 e. The predicted octanol–water partition coefficient (Wildman–Crippen LogP) is 6.24. The molecule has 3 aromatic rings. The Balaban J connectivity index is 1.71. The van der Waals surface area contributed by atoms with Crippen molar-refractivity contribution in [3.63, 3.8) is 0 Å². The number of rotatable bonds is 5. The van der Waals surface area contributed by atoms with Gasteiger partial charge in [0.05, 0.1) is 10.0 Å². The lowest BCUT2D eigenvalue weighted by Gasteiger charge is -2.03. The van der Waals surface area contributed by atoms with Gasteiger partial charge in [0.15, 0.2) is 5.13 Å². The van der Waals surface area contributed by atoms with E-state index in [1.165, 1.54) is 17.4 Å². The molecule has 1 heterocycles. The van der Waals surface area contributed by atoms with E-state index in [0.29, 0.717) is 32.2 Å². The summed E-state index contributed by atoms with van der Waals surface area (Å²) in [5.41, 5.74) is 1.54. The molecule has 28 heavy (non-hydrogen) atoms. The molecular formula is C20H12Cl3N3OS. The fourth-order valence-electron chi connectivity index (χ4n) is 2.36. The molecule has 1 aromatic heterocycles. The Hall–Kier alpha value is -2.36. The lowest BCUT2D eigenvalue weighted by Crippen LogP contribution is -2.13. The average molecular weight is 449 g/mol. The Bertz CT molecular complexity index is 1080. The maximum absolute atomic E-state index is 12.4. The molecule has 1 N–H and O–H groups in total. The third-order valence-corrected chi connectivity index (χ3v) is 5.74. The molecule has 2 aromatic carbocycles. The molecule has 0 aliphatic heterocycles. The zero-order valence-electron chi connectivity index (χ0n) is 14.2. The number of nitrogens with zero attached hydrogens (tertiary/aromatic N) is 2. The van der Waals surface area contributed by atoms with Crippen molar-refractivity contribution in [1.29, 1.82) is 5.26 Å². The predicted molar refractivity (Wildman–Crippen MR) is 115 cm³/mol. The van der Waals surface area contributed by atoms with E-state index in [9.17, 15) is 10.1 Å². The van der Waals surface area contributed by atoms with E-state index in [-0.39, 0.29) is 5.57 Å². The Morgan fingerprint density at radius 3 is 2.64 bits per heavy atom. The number of amides is 1. The van der Waals surface area contributed by atoms with Gasteiger partial charge in [-0.05, 0) is 35.4 Å². The zero-order valence-corrected chi connectivity index (χ0v) is 17.3. The summed E-state index contributed by atoms with van der Waals surface area (Å²) in [5, 5.41) is 13.9. The number of carbonyl (C=O) groups is 1. The van der Waals surface area contributed by atoms with E-state index in [1.807, 2.05) is 18.2 Å². The molecule has 4 nitrogen and oxygen atoms in total. The first-order chi connectivity index (χ1) is 13.5. The van der Waals surface area contributed by atoms with Crippen LogP contribution in [0.15, 0.2) is 54.2 Å². The molecular weight excluding hydrogens is 437 g/mol. The highest BCUT2D eigenvalue weighted by molar-refractivity contribution is 7.15. The fourth-order valence-corrected chi connectivity index (χ4v) is 3.70. The van der Waals surface area contributed by atoms with Gasteiger partial charge in [-0.2, -0.15) is 5.26 Å². The SMILES string of the molecule is N#CC(=Cc1ccc(Cl)cc1)C(=O)Nc1ncc(Cc2cccc(Cl)c2Cl)s1. The van der Waals surface area contributed by atoms with Crippen LogP contribution in [0.1, 0.15) is 16.0 Å². The Kier molecular flexibility index (Phi) is 6.71. The van der Waals surface area contributed by atoms with Crippen LogP contribution in [-0.2, 0) is 11.2 Å². The number of aromatic nitrogens is 1. The highest BCUT2D eigenvalue weighted by atomic mass is 35.5. The number of halogens is 3. The fraction of sp³-hybridized carbons (Fsp3) is 0.0500. The number of anilines is 1. The first-order valence-electron chi connectivity index (χ1n) is 8.02. The van der Waals surface area contributed by atoms with Crippen LogP contribution < -0.4 is 5.32 Å². The van der Waals surface area contributed by atoms with E-state index in [4.69, 9.17) is 34.8 Å². The molecule has 0 atom stereocenters. The number of nitriles is 1. The van der Waals surface area contributed by atoms with E-state index in [0.717, 1.165) is 10.4 Å². The molecule has 0 aliphatic carbocycles. The summed E-state index contributed by atoms with van der Waals surface area (Å²) >= 11 is 19.4. The van der Waals surface area contributed by atoms with E-state index >= 15 is 0 Å². The van der Waals surface area contributed by atoms with Crippen LogP contribution in [0, 0.1) is 11.3 Å². The Labute approximate surface area is 181 Å². The maximum atomic E-state index is 12.4. The largest absolute Gasteiger partial charge is 0.297 e. The molecule has 0 saturated heterocycles. The van der Waals surface area contributed by atoms with E-state index in [1.54, 1.807) is 36.5 Å². The summed E-state index contributed by atoms with van der Waals surface area (Å²) < 4.78 is 0. The second-order valence-corrected chi connectivity index (χ2v) is 8.03. The highest BCUT2D eigenvalue weighted by Gasteiger charge is 2.13. The number of nitrogens with one attached hydrogen (secondary N) is 1. The molecule has 0 fully saturated rings. The quantitative estimate of drug-likeness (QED) is 0.371. The third kappa shape index (κ3) is 5.12. The van der Waals surface area contributed by atoms with E-state index < -0.39 is 5.91 Å². The van der Waals surface area contributed by atoms with Crippen LogP contribution in [0.5, 0.6) is 0 Å². The van der Waals surface area contributed by atoms with Crippen LogP contribution in [0.3, 0.4) is 0 Å². The summed E-state index contributed by atoms with van der Waals surface area (Å²) in [5.74, 6) is -0.529. The first kappa shape index (κ1) is 20.4. The topological polar surface area (TPSA) is 65.8 Å². The van der Waals surface area contributed by atoms with Crippen molar-refractivity contribution in [1.82, 2.24) is 4.98 Å². The Morgan fingerprint density at radius 1 is 1.18 bits per heavy atom. The normalized spacial score (nSPS) is 11.1. The molecule has 140 valence electrons. The molecule has 0 unspecified atom stereocenters. The van der Waals surface area contributed by atoms with Gasteiger partial charge in [-0.1, -0.05) is 59.1 Å². The summed E-state index contributed by atoms with van der Waals surface area (Å²) in [6.07, 6.45) is 3.69. The number of hydrogen-bond donors (Lipinski definition) is 1. The van der Waals surface area contributed by atoms with Crippen molar-refractivity contribution in [3.8, 4) is 6.07 Å². The molecule has 0 spiro atoms. The second-order valence-electron chi connectivity index (χ2n) is 5.70. The van der Waals surface area contributed by atoms with Gasteiger partial charge in [-0.3, -0.25) is 10.1 Å². The number of carbonyl (C=O) groups excluding carboxylic acids is 1. The molecule has 0 aliphatic rings. The molecule has 0 bridgehead atoms. The van der Waals surface area contributed by atoms with Gasteiger partial charge in [0.25, 0.3) is 5.91 Å². The van der Waals surface area contributed by atoms with E-state index in [2.05, 4.69) is 10.3 Å². The first-order valence-corrected chi connectivity index (χ1v) is 9.97. The summed E-state index contributed by atoms with van der Waals surface area (Å²) in [7, 11) is 0. The lowest BCUT2D eigenvalue weighted by atomic mass is 10.1. The van der Waals surface area contributed by atoms with Crippen molar-refractivity contribution in [2.24, 2.45) is 0 Å². The van der Waals surface area contributed by atoms with Gasteiger partial charge in [-0.25, -0.2) is 4.98 Å². The highest BCUT2D eigenvalue weighted by Crippen LogP contribution is 2.29. The molecule has 0 radical (unpaired) electrons. The Morgan fingerprint density at radius 2 is 1.93 bits per heavy atom. The number of benzene rings is 2.